The topological polar surface area (TPSA) is 95.9 Å². The molecule has 6 nitrogen and oxygen atoms in total. The predicted octanol–water partition coefficient (Wildman–Crippen LogP) is 16.5. The molecule has 6 heteroatoms. The molecule has 0 aliphatic heterocycles. The van der Waals surface area contributed by atoms with Crippen LogP contribution < -0.4 is 5.32 Å². The quantitative estimate of drug-likeness (QED) is 0.0322. The van der Waals surface area contributed by atoms with Crippen molar-refractivity contribution in [1.82, 2.24) is 5.32 Å². The van der Waals surface area contributed by atoms with Crippen molar-refractivity contribution in [2.24, 2.45) is 0 Å². The van der Waals surface area contributed by atoms with Crippen LogP contribution in [0.25, 0.3) is 0 Å². The molecule has 0 spiro atoms. The lowest BCUT2D eigenvalue weighted by atomic mass is 10.0. The van der Waals surface area contributed by atoms with E-state index >= 15 is 0 Å². The molecule has 0 aromatic carbocycles. The number of unbranched alkanes of at least 4 members (excludes halogenated alkanes) is 38. The van der Waals surface area contributed by atoms with Crippen LogP contribution in [0, 0.1) is 0 Å². The Morgan fingerprint density at radius 3 is 1.21 bits per heavy atom. The van der Waals surface area contributed by atoms with Gasteiger partial charge in [0.2, 0.25) is 5.91 Å². The number of hydrogen-bond donors (Lipinski definition) is 3. The monoisotopic (exact) mass is 862 g/mol. The second-order valence-corrected chi connectivity index (χ2v) is 18.9. The Balaban J connectivity index is 3.36. The van der Waals surface area contributed by atoms with Crippen molar-refractivity contribution in [1.29, 1.82) is 0 Å². The maximum absolute atomic E-state index is 12.4. The number of allylic oxidation sites excluding steroid dienone is 2. The minimum atomic E-state index is -0.662. The highest BCUT2D eigenvalue weighted by Gasteiger charge is 2.20. The van der Waals surface area contributed by atoms with Crippen molar-refractivity contribution in [3.05, 3.63) is 12.2 Å². The van der Waals surface area contributed by atoms with Gasteiger partial charge in [0.1, 0.15) is 0 Å². The fraction of sp³-hybridized carbons (Fsp3) is 0.927. The summed E-state index contributed by atoms with van der Waals surface area (Å²) in [6.07, 6.45) is 59.2. The van der Waals surface area contributed by atoms with Gasteiger partial charge in [0, 0.05) is 12.8 Å². The third-order valence-corrected chi connectivity index (χ3v) is 12.8. The molecule has 0 aliphatic carbocycles. The maximum atomic E-state index is 12.4. The molecule has 0 aromatic heterocycles. The first-order valence-corrected chi connectivity index (χ1v) is 27.4. The van der Waals surface area contributed by atoms with E-state index < -0.39 is 12.1 Å². The Labute approximate surface area is 380 Å². The van der Waals surface area contributed by atoms with Crippen LogP contribution in [0.1, 0.15) is 303 Å². The Kier molecular flexibility index (Phi) is 50.1. The molecule has 0 bridgehead atoms. The number of aliphatic hydroxyl groups excluding tert-OH is 2. The highest BCUT2D eigenvalue weighted by Crippen LogP contribution is 2.17. The van der Waals surface area contributed by atoms with Crippen LogP contribution in [-0.2, 0) is 14.3 Å². The first kappa shape index (κ1) is 59.6. The fourth-order valence-corrected chi connectivity index (χ4v) is 8.56. The molecule has 1 amide bonds. The highest BCUT2D eigenvalue weighted by atomic mass is 16.5. The molecule has 3 N–H and O–H groups in total. The van der Waals surface area contributed by atoms with Crippen molar-refractivity contribution in [3.63, 3.8) is 0 Å². The van der Waals surface area contributed by atoms with Crippen molar-refractivity contribution < 1.29 is 24.5 Å². The fourth-order valence-electron chi connectivity index (χ4n) is 8.56. The van der Waals surface area contributed by atoms with Crippen molar-refractivity contribution in [3.8, 4) is 0 Å². The van der Waals surface area contributed by atoms with E-state index in [0.29, 0.717) is 25.9 Å². The van der Waals surface area contributed by atoms with Crippen molar-refractivity contribution >= 4 is 11.9 Å². The van der Waals surface area contributed by atoms with Gasteiger partial charge in [-0.05, 0) is 44.9 Å². The van der Waals surface area contributed by atoms with E-state index in [0.717, 1.165) is 44.9 Å². The summed E-state index contributed by atoms with van der Waals surface area (Å²) < 4.78 is 5.45. The van der Waals surface area contributed by atoms with Gasteiger partial charge < -0.3 is 20.3 Å². The molecule has 61 heavy (non-hydrogen) atoms. The third-order valence-electron chi connectivity index (χ3n) is 12.8. The summed E-state index contributed by atoms with van der Waals surface area (Å²) in [5, 5.41) is 23.2. The lowest BCUT2D eigenvalue weighted by molar-refractivity contribution is -0.143. The zero-order valence-corrected chi connectivity index (χ0v) is 41.2. The maximum Gasteiger partial charge on any atom is 0.305 e. The first-order chi connectivity index (χ1) is 30.0. The SMILES string of the molecule is CCCC/C=C\CCCCCCCC(=O)OCCCCCCCCCCCCCCCCCCCCCCCCC(=O)NC(CO)C(O)CCCCCCCCCCCCC. The van der Waals surface area contributed by atoms with Gasteiger partial charge in [0.15, 0.2) is 0 Å². The number of nitrogens with one attached hydrogen (secondary N) is 1. The largest absolute Gasteiger partial charge is 0.466 e. The minimum absolute atomic E-state index is 0.00224. The predicted molar refractivity (Wildman–Crippen MR) is 264 cm³/mol. The van der Waals surface area contributed by atoms with Crippen molar-refractivity contribution in [2.75, 3.05) is 13.2 Å². The second kappa shape index (κ2) is 51.2. The Bertz CT molecular complexity index is 909. The number of hydrogen-bond acceptors (Lipinski definition) is 5. The molecule has 0 saturated carbocycles. The molecule has 2 atom stereocenters. The summed E-state index contributed by atoms with van der Waals surface area (Å²) in [5.74, 6) is -0.0332. The van der Waals surface area contributed by atoms with Crippen LogP contribution in [0.3, 0.4) is 0 Å². The molecule has 0 heterocycles. The summed E-state index contributed by atoms with van der Waals surface area (Å²) in [7, 11) is 0. The van der Waals surface area contributed by atoms with E-state index in [4.69, 9.17) is 4.74 Å². The Morgan fingerprint density at radius 1 is 0.443 bits per heavy atom. The van der Waals surface area contributed by atoms with Crippen LogP contribution in [0.2, 0.25) is 0 Å². The van der Waals surface area contributed by atoms with Gasteiger partial charge in [-0.2, -0.15) is 0 Å². The van der Waals surface area contributed by atoms with Crippen LogP contribution >= 0.6 is 0 Å². The van der Waals surface area contributed by atoms with E-state index in [1.165, 1.54) is 225 Å². The number of amides is 1. The summed E-state index contributed by atoms with van der Waals surface area (Å²) >= 11 is 0. The van der Waals surface area contributed by atoms with E-state index in [1.54, 1.807) is 0 Å². The molecular weight excluding hydrogens is 755 g/mol. The number of carbonyl (C=O) groups excluding carboxylic acids is 2. The summed E-state index contributed by atoms with van der Waals surface area (Å²) in [5.41, 5.74) is 0. The number of carbonyl (C=O) groups is 2. The zero-order valence-electron chi connectivity index (χ0n) is 41.2. The van der Waals surface area contributed by atoms with Crippen molar-refractivity contribution in [2.45, 2.75) is 315 Å². The zero-order chi connectivity index (χ0) is 44.4. The molecule has 0 radical (unpaired) electrons. The van der Waals surface area contributed by atoms with Gasteiger partial charge in [-0.3, -0.25) is 9.59 Å². The standard InChI is InChI=1S/C55H107NO5/c1-3-5-7-9-11-13-27-31-35-39-43-47-53(58)52(51-57)56-54(59)48-44-40-36-32-29-25-23-21-19-17-15-16-18-20-22-24-26-30-34-38-42-46-50-61-55(60)49-45-41-37-33-28-14-12-10-8-6-4-2/h10,12,52-53,57-58H,3-9,11,13-51H2,1-2H3,(H,56,59)/b12-10-. The normalized spacial score (nSPS) is 12.7. The van der Waals surface area contributed by atoms with E-state index in [-0.39, 0.29) is 18.5 Å². The minimum Gasteiger partial charge on any atom is -0.466 e. The summed E-state index contributed by atoms with van der Waals surface area (Å²) in [4.78, 5) is 24.4. The van der Waals surface area contributed by atoms with Gasteiger partial charge in [0.25, 0.3) is 0 Å². The van der Waals surface area contributed by atoms with Crippen LogP contribution in [0.5, 0.6) is 0 Å². The van der Waals surface area contributed by atoms with Crippen LogP contribution in [-0.4, -0.2) is 47.4 Å². The van der Waals surface area contributed by atoms with Gasteiger partial charge in [-0.15, -0.1) is 0 Å². The number of aliphatic hydroxyl groups is 2. The molecule has 0 aromatic rings. The number of rotatable bonds is 51. The van der Waals surface area contributed by atoms with Gasteiger partial charge >= 0.3 is 5.97 Å². The molecular formula is C55H107NO5. The van der Waals surface area contributed by atoms with Gasteiger partial charge in [0.05, 0.1) is 25.4 Å². The van der Waals surface area contributed by atoms with E-state index in [9.17, 15) is 19.8 Å². The second-order valence-electron chi connectivity index (χ2n) is 18.9. The Hall–Kier alpha value is -1.40. The first-order valence-electron chi connectivity index (χ1n) is 27.4. The van der Waals surface area contributed by atoms with Gasteiger partial charge in [-0.1, -0.05) is 257 Å². The van der Waals surface area contributed by atoms with Gasteiger partial charge in [-0.25, -0.2) is 0 Å². The van der Waals surface area contributed by atoms with Crippen LogP contribution in [0.4, 0.5) is 0 Å². The molecule has 362 valence electrons. The summed E-state index contributed by atoms with van der Waals surface area (Å²) in [6.45, 7) is 4.91. The lowest BCUT2D eigenvalue weighted by Crippen LogP contribution is -2.45. The molecule has 0 saturated heterocycles. The van der Waals surface area contributed by atoms with E-state index in [1.807, 2.05) is 0 Å². The smallest absolute Gasteiger partial charge is 0.305 e. The average molecular weight is 862 g/mol. The van der Waals surface area contributed by atoms with E-state index in [2.05, 4.69) is 31.3 Å². The highest BCUT2D eigenvalue weighted by molar-refractivity contribution is 5.76. The van der Waals surface area contributed by atoms with Crippen LogP contribution in [0.15, 0.2) is 12.2 Å². The molecule has 2 unspecified atom stereocenters. The molecule has 0 aliphatic rings. The average Bonchev–Trinajstić information content (AvgIpc) is 3.26. The lowest BCUT2D eigenvalue weighted by Gasteiger charge is -2.22. The molecule has 0 fully saturated rings. The summed E-state index contributed by atoms with van der Waals surface area (Å²) in [6, 6.07) is -0.539. The number of ether oxygens (including phenoxy) is 1. The number of esters is 1. The Morgan fingerprint density at radius 2 is 0.787 bits per heavy atom. The third kappa shape index (κ3) is 47.9. The molecule has 0 rings (SSSR count).